The molecule has 0 aliphatic heterocycles. The van der Waals surface area contributed by atoms with Crippen LogP contribution in [0.5, 0.6) is 5.75 Å². The number of alkyl halides is 3. The van der Waals surface area contributed by atoms with Gasteiger partial charge < -0.3 is 14.8 Å². The maximum absolute atomic E-state index is 12.4. The number of benzene rings is 1. The number of carbonyl (C=O) groups is 1. The average Bonchev–Trinajstić information content (AvgIpc) is 3.63. The monoisotopic (exact) mass is 482 g/mol. The third-order valence-corrected chi connectivity index (χ3v) is 5.44. The lowest BCUT2D eigenvalue weighted by atomic mass is 10.1. The van der Waals surface area contributed by atoms with Crippen molar-refractivity contribution in [2.75, 3.05) is 11.9 Å². The van der Waals surface area contributed by atoms with Gasteiger partial charge in [-0.05, 0) is 55.3 Å². The first kappa shape index (κ1) is 24.0. The van der Waals surface area contributed by atoms with Gasteiger partial charge in [-0.3, -0.25) is 9.78 Å². The van der Waals surface area contributed by atoms with E-state index in [1.54, 1.807) is 43.5 Å². The molecule has 0 bridgehead atoms. The first-order valence-electron chi connectivity index (χ1n) is 10.9. The zero-order valence-electron chi connectivity index (χ0n) is 18.7. The van der Waals surface area contributed by atoms with Crippen molar-refractivity contribution < 1.29 is 27.4 Å². The van der Waals surface area contributed by atoms with Crippen LogP contribution >= 0.6 is 0 Å². The third-order valence-electron chi connectivity index (χ3n) is 5.44. The summed E-state index contributed by atoms with van der Waals surface area (Å²) in [7, 11) is 0. The fourth-order valence-electron chi connectivity index (χ4n) is 3.72. The zero-order chi connectivity index (χ0) is 25.0. The number of carbonyl (C=O) groups excluding carboxylic acids is 1. The molecular weight excluding hydrogens is 461 g/mol. The lowest BCUT2D eigenvalue weighted by Gasteiger charge is -2.11. The second-order valence-corrected chi connectivity index (χ2v) is 7.92. The molecule has 1 N–H and O–H groups in total. The van der Waals surface area contributed by atoms with E-state index in [0.29, 0.717) is 41.4 Å². The standard InChI is InChI=1S/C25H21F3N4O3/c1-2-34-24(33)20-11-19(20)23-16(12-29)6-8-21(32-23)17-7-9-22(31-14-17)30-13-15-4-3-5-18(10-15)35-25(26,27)28/h3-10,14,19-20H,2,11,13H2,1H3,(H,30,31)/t19-,20-/m1/s1. The highest BCUT2D eigenvalue weighted by molar-refractivity contribution is 5.77. The van der Waals surface area contributed by atoms with Crippen LogP contribution in [0.4, 0.5) is 19.0 Å². The number of pyridine rings is 2. The van der Waals surface area contributed by atoms with Gasteiger partial charge in [0.25, 0.3) is 0 Å². The Morgan fingerprint density at radius 1 is 1.23 bits per heavy atom. The number of nitriles is 1. The van der Waals surface area contributed by atoms with E-state index in [4.69, 9.17) is 4.74 Å². The molecule has 0 radical (unpaired) electrons. The Morgan fingerprint density at radius 2 is 2.06 bits per heavy atom. The molecular formula is C25H21F3N4O3. The van der Waals surface area contributed by atoms with Crippen LogP contribution in [0.25, 0.3) is 11.3 Å². The van der Waals surface area contributed by atoms with Crippen molar-refractivity contribution in [2.24, 2.45) is 5.92 Å². The minimum absolute atomic E-state index is 0.144. The third kappa shape index (κ3) is 6.06. The Bertz CT molecular complexity index is 1260. The van der Waals surface area contributed by atoms with E-state index in [9.17, 15) is 23.2 Å². The lowest BCUT2D eigenvalue weighted by Crippen LogP contribution is -2.17. The van der Waals surface area contributed by atoms with E-state index in [2.05, 4.69) is 26.1 Å². The molecule has 2 aromatic heterocycles. The number of aromatic nitrogens is 2. The van der Waals surface area contributed by atoms with E-state index in [0.717, 1.165) is 5.56 Å². The molecule has 4 rings (SSSR count). The van der Waals surface area contributed by atoms with Gasteiger partial charge in [0, 0.05) is 24.2 Å². The molecule has 35 heavy (non-hydrogen) atoms. The summed E-state index contributed by atoms with van der Waals surface area (Å²) in [6, 6.07) is 14.8. The number of rotatable bonds is 8. The highest BCUT2D eigenvalue weighted by Gasteiger charge is 2.47. The molecule has 1 fully saturated rings. The summed E-state index contributed by atoms with van der Waals surface area (Å²) in [6.45, 7) is 2.30. The van der Waals surface area contributed by atoms with Gasteiger partial charge in [-0.15, -0.1) is 13.2 Å². The average molecular weight is 482 g/mol. The van der Waals surface area contributed by atoms with Crippen molar-refractivity contribution in [1.82, 2.24) is 9.97 Å². The SMILES string of the molecule is CCOC(=O)[C@@H]1C[C@H]1c1nc(-c2ccc(NCc3cccc(OC(F)(F)F)c3)nc2)ccc1C#N. The summed E-state index contributed by atoms with van der Waals surface area (Å²) in [5, 5.41) is 12.5. The topological polar surface area (TPSA) is 97.1 Å². The van der Waals surface area contributed by atoms with Gasteiger partial charge >= 0.3 is 12.3 Å². The highest BCUT2D eigenvalue weighted by Crippen LogP contribution is 2.48. The summed E-state index contributed by atoms with van der Waals surface area (Å²) in [5.41, 5.74) is 2.93. The van der Waals surface area contributed by atoms with Crippen molar-refractivity contribution in [3.8, 4) is 23.1 Å². The summed E-state index contributed by atoms with van der Waals surface area (Å²) in [6.07, 6.45) is -2.54. The van der Waals surface area contributed by atoms with Crippen LogP contribution in [-0.2, 0) is 16.1 Å². The number of hydrogen-bond donors (Lipinski definition) is 1. The Morgan fingerprint density at radius 3 is 2.74 bits per heavy atom. The Hall–Kier alpha value is -4.13. The van der Waals surface area contributed by atoms with E-state index in [1.165, 1.54) is 18.2 Å². The minimum Gasteiger partial charge on any atom is -0.466 e. The molecule has 0 saturated heterocycles. The maximum atomic E-state index is 12.4. The van der Waals surface area contributed by atoms with E-state index in [1.807, 2.05) is 0 Å². The van der Waals surface area contributed by atoms with Gasteiger partial charge in [0.2, 0.25) is 0 Å². The summed E-state index contributed by atoms with van der Waals surface area (Å²) < 4.78 is 46.3. The molecule has 2 heterocycles. The van der Waals surface area contributed by atoms with Crippen LogP contribution < -0.4 is 10.1 Å². The van der Waals surface area contributed by atoms with Crippen LogP contribution in [0, 0.1) is 17.2 Å². The van der Waals surface area contributed by atoms with E-state index < -0.39 is 6.36 Å². The first-order chi connectivity index (χ1) is 16.8. The Labute approximate surface area is 199 Å². The van der Waals surface area contributed by atoms with Crippen LogP contribution in [-0.4, -0.2) is 28.9 Å². The summed E-state index contributed by atoms with van der Waals surface area (Å²) >= 11 is 0. The van der Waals surface area contributed by atoms with Gasteiger partial charge in [-0.1, -0.05) is 12.1 Å². The molecule has 180 valence electrons. The number of halogens is 3. The predicted molar refractivity (Wildman–Crippen MR) is 120 cm³/mol. The molecule has 1 aromatic carbocycles. The van der Waals surface area contributed by atoms with Crippen LogP contribution in [0.1, 0.15) is 36.1 Å². The number of nitrogens with zero attached hydrogens (tertiary/aromatic N) is 3. The first-order valence-corrected chi connectivity index (χ1v) is 10.9. The molecule has 2 atom stereocenters. The van der Waals surface area contributed by atoms with Crippen molar-refractivity contribution in [1.29, 1.82) is 5.26 Å². The fraction of sp³-hybridized carbons (Fsp3) is 0.280. The van der Waals surface area contributed by atoms with Crippen LogP contribution in [0.15, 0.2) is 54.7 Å². The molecule has 7 nitrogen and oxygen atoms in total. The highest BCUT2D eigenvalue weighted by atomic mass is 19.4. The number of anilines is 1. The van der Waals surface area contributed by atoms with Crippen molar-refractivity contribution in [3.63, 3.8) is 0 Å². The maximum Gasteiger partial charge on any atom is 0.573 e. The molecule has 1 saturated carbocycles. The van der Waals surface area contributed by atoms with E-state index in [-0.39, 0.29) is 30.1 Å². The molecule has 0 unspecified atom stereocenters. The van der Waals surface area contributed by atoms with Crippen molar-refractivity contribution >= 4 is 11.8 Å². The minimum atomic E-state index is -4.75. The number of esters is 1. The predicted octanol–water partition coefficient (Wildman–Crippen LogP) is 5.19. The molecule has 3 aromatic rings. The van der Waals surface area contributed by atoms with E-state index >= 15 is 0 Å². The second-order valence-electron chi connectivity index (χ2n) is 7.92. The fourth-order valence-corrected chi connectivity index (χ4v) is 3.72. The van der Waals surface area contributed by atoms with Gasteiger partial charge in [0.15, 0.2) is 0 Å². The molecule has 0 spiro atoms. The second kappa shape index (κ2) is 10.0. The zero-order valence-corrected chi connectivity index (χ0v) is 18.7. The molecule has 1 aliphatic rings. The van der Waals surface area contributed by atoms with Gasteiger partial charge in [-0.2, -0.15) is 5.26 Å². The van der Waals surface area contributed by atoms with Crippen LogP contribution in [0.2, 0.25) is 0 Å². The number of ether oxygens (including phenoxy) is 2. The number of nitrogens with one attached hydrogen (secondary N) is 1. The van der Waals surface area contributed by atoms with Gasteiger partial charge in [0.05, 0.1) is 29.5 Å². The summed E-state index contributed by atoms with van der Waals surface area (Å²) in [4.78, 5) is 21.0. The quantitative estimate of drug-likeness (QED) is 0.441. The number of hydrogen-bond acceptors (Lipinski definition) is 7. The molecule has 0 amide bonds. The largest absolute Gasteiger partial charge is 0.573 e. The Balaban J connectivity index is 1.43. The van der Waals surface area contributed by atoms with Crippen molar-refractivity contribution in [3.05, 3.63) is 71.5 Å². The summed E-state index contributed by atoms with van der Waals surface area (Å²) in [5.74, 6) is -0.469. The van der Waals surface area contributed by atoms with Gasteiger partial charge in [0.1, 0.15) is 17.6 Å². The normalized spacial score (nSPS) is 16.8. The van der Waals surface area contributed by atoms with Crippen molar-refractivity contribution in [2.45, 2.75) is 32.2 Å². The van der Waals surface area contributed by atoms with Crippen LogP contribution in [0.3, 0.4) is 0 Å². The molecule has 10 heteroatoms. The smallest absolute Gasteiger partial charge is 0.466 e. The Kier molecular flexibility index (Phi) is 6.87. The van der Waals surface area contributed by atoms with Gasteiger partial charge in [-0.25, -0.2) is 4.98 Å². The lowest BCUT2D eigenvalue weighted by molar-refractivity contribution is -0.274. The molecule has 1 aliphatic carbocycles.